The molecule has 0 saturated carbocycles. The molecule has 0 N–H and O–H groups in total. The predicted molar refractivity (Wildman–Crippen MR) is 107 cm³/mol. The van der Waals surface area contributed by atoms with Crippen LogP contribution in [0, 0.1) is 16.0 Å². The van der Waals surface area contributed by atoms with Gasteiger partial charge in [0.2, 0.25) is 4.80 Å². The molecule has 138 valence electrons. The molecule has 0 aliphatic rings. The van der Waals surface area contributed by atoms with Crippen LogP contribution in [-0.4, -0.2) is 20.8 Å². The van der Waals surface area contributed by atoms with Gasteiger partial charge in [0.15, 0.2) is 0 Å². The molecule has 0 atom stereocenters. The first-order valence-electron chi connectivity index (χ1n) is 8.47. The van der Waals surface area contributed by atoms with E-state index in [0.717, 1.165) is 23.4 Å². The van der Waals surface area contributed by atoms with Crippen molar-refractivity contribution in [3.8, 4) is 11.3 Å². The van der Waals surface area contributed by atoms with Gasteiger partial charge in [-0.1, -0.05) is 13.8 Å². The fourth-order valence-corrected chi connectivity index (χ4v) is 3.17. The van der Waals surface area contributed by atoms with E-state index < -0.39 is 4.92 Å². The highest BCUT2D eigenvalue weighted by atomic mass is 32.1. The maximum atomic E-state index is 10.9. The Morgan fingerprint density at radius 2 is 2.07 bits per heavy atom. The summed E-state index contributed by atoms with van der Waals surface area (Å²) in [5.74, 6) is 0.495. The molecule has 2 heterocycles. The van der Waals surface area contributed by atoms with Crippen molar-refractivity contribution in [1.29, 1.82) is 0 Å². The molecule has 0 unspecified atom stereocenters. The quantitative estimate of drug-likeness (QED) is 0.354. The third kappa shape index (κ3) is 4.73. The number of thiazole rings is 1. The third-order valence-electron chi connectivity index (χ3n) is 3.70. The number of nitro benzene ring substituents is 1. The second-order valence-electron chi connectivity index (χ2n) is 6.27. The van der Waals surface area contributed by atoms with Gasteiger partial charge in [-0.05, 0) is 36.6 Å². The van der Waals surface area contributed by atoms with Gasteiger partial charge >= 0.3 is 0 Å². The maximum Gasteiger partial charge on any atom is 0.269 e. The molecule has 0 bridgehead atoms. The summed E-state index contributed by atoms with van der Waals surface area (Å²) in [6, 6.07) is 10.1. The molecule has 3 rings (SSSR count). The Balaban J connectivity index is 2.07. The lowest BCUT2D eigenvalue weighted by molar-refractivity contribution is -0.384. The molecule has 0 amide bonds. The van der Waals surface area contributed by atoms with E-state index in [1.165, 1.54) is 23.5 Å². The van der Waals surface area contributed by atoms with Crippen molar-refractivity contribution in [3.63, 3.8) is 0 Å². The molecule has 7 nitrogen and oxygen atoms in total. The van der Waals surface area contributed by atoms with Crippen molar-refractivity contribution in [1.82, 2.24) is 9.66 Å². The highest BCUT2D eigenvalue weighted by molar-refractivity contribution is 7.07. The first kappa shape index (κ1) is 18.7. The summed E-state index contributed by atoms with van der Waals surface area (Å²) in [7, 11) is 0. The maximum absolute atomic E-state index is 10.9. The van der Waals surface area contributed by atoms with E-state index in [1.807, 2.05) is 23.7 Å². The van der Waals surface area contributed by atoms with Gasteiger partial charge in [-0.15, -0.1) is 11.3 Å². The number of hydrogen-bond acceptors (Lipinski definition) is 6. The summed E-state index contributed by atoms with van der Waals surface area (Å²) in [5.41, 5.74) is 2.47. The zero-order valence-corrected chi connectivity index (χ0v) is 15.8. The number of rotatable bonds is 6. The van der Waals surface area contributed by atoms with Gasteiger partial charge in [0.1, 0.15) is 0 Å². The van der Waals surface area contributed by atoms with Gasteiger partial charge in [0.05, 0.1) is 22.5 Å². The normalized spacial score (nSPS) is 12.2. The number of non-ortho nitro benzene ring substituents is 1. The molecule has 0 aliphatic heterocycles. The number of pyridine rings is 1. The number of hydrogen-bond donors (Lipinski definition) is 0. The highest BCUT2D eigenvalue weighted by Crippen LogP contribution is 2.23. The van der Waals surface area contributed by atoms with Crippen LogP contribution in [0.15, 0.2) is 64.3 Å². The molecule has 1 aromatic carbocycles. The molecule has 27 heavy (non-hydrogen) atoms. The van der Waals surface area contributed by atoms with Gasteiger partial charge in [-0.2, -0.15) is 5.10 Å². The smallest absolute Gasteiger partial charge is 0.262 e. The van der Waals surface area contributed by atoms with E-state index in [2.05, 4.69) is 28.9 Å². The molecule has 0 radical (unpaired) electrons. The van der Waals surface area contributed by atoms with Crippen molar-refractivity contribution in [3.05, 3.63) is 69.1 Å². The minimum Gasteiger partial charge on any atom is -0.262 e. The largest absolute Gasteiger partial charge is 0.269 e. The predicted octanol–water partition coefficient (Wildman–Crippen LogP) is 4.63. The number of nitrogens with zero attached hydrogens (tertiary/aromatic N) is 5. The lowest BCUT2D eigenvalue weighted by Crippen LogP contribution is -2.11. The van der Waals surface area contributed by atoms with Crippen LogP contribution in [0.1, 0.15) is 20.3 Å². The van der Waals surface area contributed by atoms with E-state index >= 15 is 0 Å². The molecule has 0 saturated heterocycles. The van der Waals surface area contributed by atoms with Crippen molar-refractivity contribution >= 4 is 28.9 Å². The van der Waals surface area contributed by atoms with Crippen LogP contribution in [0.5, 0.6) is 0 Å². The summed E-state index contributed by atoms with van der Waals surface area (Å²) < 4.78 is 1.77. The Bertz CT molecular complexity index is 1000. The second kappa shape index (κ2) is 8.50. The zero-order chi connectivity index (χ0) is 19.2. The lowest BCUT2D eigenvalue weighted by atomic mass is 10.1. The monoisotopic (exact) mass is 381 g/mol. The van der Waals surface area contributed by atoms with E-state index in [4.69, 9.17) is 0 Å². The van der Waals surface area contributed by atoms with Crippen LogP contribution in [0.3, 0.4) is 0 Å². The van der Waals surface area contributed by atoms with Crippen molar-refractivity contribution < 1.29 is 4.92 Å². The number of aromatic nitrogens is 2. The zero-order valence-electron chi connectivity index (χ0n) is 15.0. The standard InChI is InChI=1S/C19H19N5O2S/c1-14(2)9-11-21-23-18(15-5-7-17(8-6-15)24(25)26)13-27-19(23)22-16-4-3-10-20-12-16/h3-8,10-14H,9H2,1-2H3. The van der Waals surface area contributed by atoms with Gasteiger partial charge in [0.25, 0.3) is 5.69 Å². The molecule has 0 aliphatic carbocycles. The van der Waals surface area contributed by atoms with E-state index in [1.54, 1.807) is 29.2 Å². The Morgan fingerprint density at radius 1 is 1.30 bits per heavy atom. The lowest BCUT2D eigenvalue weighted by Gasteiger charge is -2.04. The summed E-state index contributed by atoms with van der Waals surface area (Å²) in [4.78, 5) is 19.9. The fourth-order valence-electron chi connectivity index (χ4n) is 2.31. The van der Waals surface area contributed by atoms with Gasteiger partial charge in [-0.25, -0.2) is 9.67 Å². The van der Waals surface area contributed by atoms with Crippen LogP contribution < -0.4 is 4.80 Å². The van der Waals surface area contributed by atoms with E-state index in [0.29, 0.717) is 10.7 Å². The average Bonchev–Trinajstić information content (AvgIpc) is 3.05. The van der Waals surface area contributed by atoms with E-state index in [9.17, 15) is 10.1 Å². The Labute approximate surface area is 160 Å². The minimum absolute atomic E-state index is 0.0594. The van der Waals surface area contributed by atoms with Crippen molar-refractivity contribution in [2.24, 2.45) is 16.0 Å². The summed E-state index contributed by atoms with van der Waals surface area (Å²) >= 11 is 1.46. The Kier molecular flexibility index (Phi) is 5.87. The molecule has 3 aromatic rings. The average molecular weight is 381 g/mol. The van der Waals surface area contributed by atoms with Crippen LogP contribution in [0.2, 0.25) is 0 Å². The van der Waals surface area contributed by atoms with Crippen LogP contribution in [0.4, 0.5) is 11.4 Å². The molecule has 8 heteroatoms. The first-order chi connectivity index (χ1) is 13.0. The fraction of sp³-hybridized carbons (Fsp3) is 0.211. The van der Waals surface area contributed by atoms with E-state index in [-0.39, 0.29) is 5.69 Å². The first-order valence-corrected chi connectivity index (χ1v) is 9.35. The third-order valence-corrected chi connectivity index (χ3v) is 4.52. The molecule has 0 spiro atoms. The second-order valence-corrected chi connectivity index (χ2v) is 7.11. The van der Waals surface area contributed by atoms with Crippen molar-refractivity contribution in [2.45, 2.75) is 20.3 Å². The molecular formula is C19H19N5O2S. The molecule has 0 fully saturated rings. The highest BCUT2D eigenvalue weighted by Gasteiger charge is 2.10. The van der Waals surface area contributed by atoms with Gasteiger partial charge < -0.3 is 0 Å². The van der Waals surface area contributed by atoms with Gasteiger partial charge in [-0.3, -0.25) is 15.1 Å². The topological polar surface area (TPSA) is 85.7 Å². The SMILES string of the molecule is CC(C)CC=Nn1c(-c2ccc([N+](=O)[O-])cc2)csc1=Nc1cccnc1. The van der Waals surface area contributed by atoms with Crippen LogP contribution in [-0.2, 0) is 0 Å². The summed E-state index contributed by atoms with van der Waals surface area (Å²) in [6.45, 7) is 4.25. The van der Waals surface area contributed by atoms with Crippen molar-refractivity contribution in [2.75, 3.05) is 0 Å². The Morgan fingerprint density at radius 3 is 2.70 bits per heavy atom. The Hall–Kier alpha value is -3.13. The van der Waals surface area contributed by atoms with Crippen LogP contribution >= 0.6 is 11.3 Å². The van der Waals surface area contributed by atoms with Crippen LogP contribution in [0.25, 0.3) is 11.3 Å². The molecule has 2 aromatic heterocycles. The number of benzene rings is 1. The summed E-state index contributed by atoms with van der Waals surface area (Å²) in [6.07, 6.45) is 6.10. The number of nitro groups is 1. The summed E-state index contributed by atoms with van der Waals surface area (Å²) in [5, 5.41) is 17.4. The molecular weight excluding hydrogens is 362 g/mol. The minimum atomic E-state index is -0.407. The van der Waals surface area contributed by atoms with Gasteiger partial charge in [0, 0.05) is 35.5 Å².